The molecule has 0 saturated heterocycles. The Morgan fingerprint density at radius 1 is 1.20 bits per heavy atom. The predicted octanol–water partition coefficient (Wildman–Crippen LogP) is 5.13. The minimum absolute atomic E-state index is 0.0619. The molecule has 1 unspecified atom stereocenters. The molecule has 1 N–H and O–H groups in total. The Balaban J connectivity index is 2.31. The lowest BCUT2D eigenvalue weighted by Gasteiger charge is -2.20. The summed E-state index contributed by atoms with van der Waals surface area (Å²) in [4.78, 5) is 0. The summed E-state index contributed by atoms with van der Waals surface area (Å²) in [6.07, 6.45) is 0.677. The summed E-state index contributed by atoms with van der Waals surface area (Å²) in [6, 6.07) is 12.9. The fourth-order valence-corrected chi connectivity index (χ4v) is 2.92. The van der Waals surface area contributed by atoms with Gasteiger partial charge < -0.3 is 5.32 Å². The highest BCUT2D eigenvalue weighted by molar-refractivity contribution is 9.10. The van der Waals surface area contributed by atoms with Crippen LogP contribution in [0.5, 0.6) is 0 Å². The van der Waals surface area contributed by atoms with Crippen molar-refractivity contribution in [1.29, 1.82) is 0 Å². The summed E-state index contributed by atoms with van der Waals surface area (Å²) < 4.78 is 14.1. The zero-order chi connectivity index (χ0) is 14.5. The first kappa shape index (κ1) is 15.5. The lowest BCUT2D eigenvalue weighted by Crippen LogP contribution is -2.23. The quantitative estimate of drug-likeness (QED) is 0.782. The van der Waals surface area contributed by atoms with E-state index in [0.29, 0.717) is 10.9 Å². The molecular weight excluding hydrogens is 341 g/mol. The molecule has 2 aromatic carbocycles. The van der Waals surface area contributed by atoms with Gasteiger partial charge in [-0.3, -0.25) is 0 Å². The molecule has 1 nitrogen and oxygen atoms in total. The highest BCUT2D eigenvalue weighted by Gasteiger charge is 2.16. The number of likely N-dealkylation sites (N-methyl/N-ethyl adjacent to an activating group) is 1. The smallest absolute Gasteiger partial charge is 0.137 e. The predicted molar refractivity (Wildman–Crippen MR) is 85.7 cm³/mol. The first-order valence-electron chi connectivity index (χ1n) is 6.54. The van der Waals surface area contributed by atoms with Gasteiger partial charge in [-0.15, -0.1) is 0 Å². The number of rotatable bonds is 5. The van der Waals surface area contributed by atoms with Crippen molar-refractivity contribution in [3.8, 4) is 0 Å². The van der Waals surface area contributed by atoms with Gasteiger partial charge in [0.2, 0.25) is 0 Å². The van der Waals surface area contributed by atoms with Crippen LogP contribution >= 0.6 is 27.5 Å². The standard InChI is InChI=1S/C16H16BrClFN/c1-2-20-15(12-7-3-4-8-13(12)18)10-11-6-5-9-14(19)16(11)17/h3-9,15,20H,2,10H2,1H3. The summed E-state index contributed by atoms with van der Waals surface area (Å²) in [5.74, 6) is -0.239. The van der Waals surface area contributed by atoms with Crippen LogP contribution in [-0.2, 0) is 6.42 Å². The lowest BCUT2D eigenvalue weighted by molar-refractivity contribution is 0.545. The van der Waals surface area contributed by atoms with Crippen LogP contribution in [0.4, 0.5) is 4.39 Å². The third kappa shape index (κ3) is 3.60. The van der Waals surface area contributed by atoms with Gasteiger partial charge in [0, 0.05) is 11.1 Å². The molecule has 0 aromatic heterocycles. The minimum atomic E-state index is -0.239. The molecule has 0 aliphatic heterocycles. The summed E-state index contributed by atoms with van der Waals surface area (Å²) in [5, 5.41) is 4.13. The van der Waals surface area contributed by atoms with E-state index in [9.17, 15) is 4.39 Å². The second-order valence-electron chi connectivity index (χ2n) is 4.55. The molecule has 0 spiro atoms. The van der Waals surface area contributed by atoms with E-state index >= 15 is 0 Å². The monoisotopic (exact) mass is 355 g/mol. The van der Waals surface area contributed by atoms with Gasteiger partial charge in [0.15, 0.2) is 0 Å². The largest absolute Gasteiger partial charge is 0.310 e. The molecule has 0 bridgehead atoms. The zero-order valence-corrected chi connectivity index (χ0v) is 13.5. The second kappa shape index (κ2) is 7.21. The first-order valence-corrected chi connectivity index (χ1v) is 7.71. The van der Waals surface area contributed by atoms with E-state index in [1.807, 2.05) is 37.3 Å². The lowest BCUT2D eigenvalue weighted by atomic mass is 9.98. The molecule has 0 aliphatic carbocycles. The van der Waals surface area contributed by atoms with Crippen LogP contribution in [0.1, 0.15) is 24.1 Å². The van der Waals surface area contributed by atoms with Crippen LogP contribution in [0.3, 0.4) is 0 Å². The SMILES string of the molecule is CCNC(Cc1cccc(F)c1Br)c1ccccc1Cl. The van der Waals surface area contributed by atoms with Gasteiger partial charge >= 0.3 is 0 Å². The third-order valence-electron chi connectivity index (χ3n) is 3.19. The van der Waals surface area contributed by atoms with Crippen molar-refractivity contribution < 1.29 is 4.39 Å². The molecule has 0 heterocycles. The summed E-state index contributed by atoms with van der Waals surface area (Å²) in [7, 11) is 0. The Bertz CT molecular complexity index is 588. The van der Waals surface area contributed by atoms with E-state index in [0.717, 1.165) is 22.7 Å². The van der Waals surface area contributed by atoms with Crippen molar-refractivity contribution >= 4 is 27.5 Å². The Morgan fingerprint density at radius 2 is 1.95 bits per heavy atom. The maximum absolute atomic E-state index is 13.6. The molecule has 106 valence electrons. The molecule has 1 atom stereocenters. The van der Waals surface area contributed by atoms with E-state index in [4.69, 9.17) is 11.6 Å². The van der Waals surface area contributed by atoms with E-state index < -0.39 is 0 Å². The number of halogens is 3. The van der Waals surface area contributed by atoms with E-state index in [-0.39, 0.29) is 11.9 Å². The van der Waals surface area contributed by atoms with Crippen LogP contribution in [0.25, 0.3) is 0 Å². The van der Waals surface area contributed by atoms with Crippen molar-refractivity contribution in [2.45, 2.75) is 19.4 Å². The van der Waals surface area contributed by atoms with Crippen LogP contribution in [-0.4, -0.2) is 6.54 Å². The number of benzene rings is 2. The molecule has 0 radical (unpaired) electrons. The maximum Gasteiger partial charge on any atom is 0.137 e. The fourth-order valence-electron chi connectivity index (χ4n) is 2.22. The van der Waals surface area contributed by atoms with E-state index in [2.05, 4.69) is 21.2 Å². The molecule has 0 aliphatic rings. The molecule has 2 aromatic rings. The highest BCUT2D eigenvalue weighted by Crippen LogP contribution is 2.29. The topological polar surface area (TPSA) is 12.0 Å². The highest BCUT2D eigenvalue weighted by atomic mass is 79.9. The minimum Gasteiger partial charge on any atom is -0.310 e. The molecular formula is C16H16BrClFN. The van der Waals surface area contributed by atoms with Gasteiger partial charge in [0.1, 0.15) is 5.82 Å². The van der Waals surface area contributed by atoms with Gasteiger partial charge in [-0.1, -0.05) is 48.9 Å². The van der Waals surface area contributed by atoms with Crippen molar-refractivity contribution in [3.63, 3.8) is 0 Å². The number of hydrogen-bond acceptors (Lipinski definition) is 1. The van der Waals surface area contributed by atoms with Gasteiger partial charge in [0.05, 0.1) is 4.47 Å². The van der Waals surface area contributed by atoms with Crippen molar-refractivity contribution in [2.24, 2.45) is 0 Å². The Kier molecular flexibility index (Phi) is 5.58. The first-order chi connectivity index (χ1) is 9.63. The molecule has 2 rings (SSSR count). The van der Waals surface area contributed by atoms with E-state index in [1.165, 1.54) is 6.07 Å². The van der Waals surface area contributed by atoms with Gasteiger partial charge in [-0.25, -0.2) is 4.39 Å². The Hall–Kier alpha value is -0.900. The molecule has 0 amide bonds. The zero-order valence-electron chi connectivity index (χ0n) is 11.2. The van der Waals surface area contributed by atoms with Gasteiger partial charge in [0.25, 0.3) is 0 Å². The van der Waals surface area contributed by atoms with Crippen LogP contribution in [0, 0.1) is 5.82 Å². The normalized spacial score (nSPS) is 12.4. The van der Waals surface area contributed by atoms with Crippen LogP contribution in [0.2, 0.25) is 5.02 Å². The molecule has 20 heavy (non-hydrogen) atoms. The average molecular weight is 357 g/mol. The fraction of sp³-hybridized carbons (Fsp3) is 0.250. The van der Waals surface area contributed by atoms with Crippen molar-refractivity contribution in [3.05, 3.63) is 68.9 Å². The summed E-state index contributed by atoms with van der Waals surface area (Å²) in [5.41, 5.74) is 1.96. The van der Waals surface area contributed by atoms with Crippen LogP contribution < -0.4 is 5.32 Å². The average Bonchev–Trinajstić information content (AvgIpc) is 2.44. The molecule has 0 saturated carbocycles. The Labute approximate surface area is 132 Å². The summed E-state index contributed by atoms with van der Waals surface area (Å²) >= 11 is 9.58. The Morgan fingerprint density at radius 3 is 2.65 bits per heavy atom. The second-order valence-corrected chi connectivity index (χ2v) is 5.75. The van der Waals surface area contributed by atoms with Crippen molar-refractivity contribution in [1.82, 2.24) is 5.32 Å². The number of hydrogen-bond donors (Lipinski definition) is 1. The number of nitrogens with one attached hydrogen (secondary N) is 1. The van der Waals surface area contributed by atoms with Gasteiger partial charge in [-0.2, -0.15) is 0 Å². The van der Waals surface area contributed by atoms with Crippen LogP contribution in [0.15, 0.2) is 46.9 Å². The van der Waals surface area contributed by atoms with Gasteiger partial charge in [-0.05, 0) is 52.2 Å². The van der Waals surface area contributed by atoms with Crippen molar-refractivity contribution in [2.75, 3.05) is 6.54 Å². The third-order valence-corrected chi connectivity index (χ3v) is 4.42. The molecule has 0 fully saturated rings. The van der Waals surface area contributed by atoms with E-state index in [1.54, 1.807) is 6.07 Å². The summed E-state index contributed by atoms with van der Waals surface area (Å²) in [6.45, 7) is 2.87. The maximum atomic E-state index is 13.6. The molecule has 4 heteroatoms.